The van der Waals surface area contributed by atoms with E-state index in [0.29, 0.717) is 0 Å². The molecule has 2 N–H and O–H groups in total. The lowest BCUT2D eigenvalue weighted by atomic mass is 9.90. The minimum atomic E-state index is -1.47. The number of likely N-dealkylation sites (tertiary alicyclic amines) is 1. The lowest BCUT2D eigenvalue weighted by Crippen LogP contribution is -2.55. The lowest BCUT2D eigenvalue weighted by molar-refractivity contribution is -0.154. The smallest absolute Gasteiger partial charge is 0.322 e. The van der Waals surface area contributed by atoms with Gasteiger partial charge in [0.2, 0.25) is 11.8 Å². The number of nitrogens with one attached hydrogen (secondary N) is 1. The Hall–Kier alpha value is -3.48. The van der Waals surface area contributed by atoms with Gasteiger partial charge in [0.1, 0.15) is 6.54 Å². The fraction of sp³-hybridized carbons (Fsp3) is 0.304. The normalized spacial score (nSPS) is 20.0. The maximum atomic E-state index is 13.1. The molecule has 1 aliphatic heterocycles. The Bertz CT molecular complexity index is 996. The fourth-order valence-corrected chi connectivity index (χ4v) is 4.15. The van der Waals surface area contributed by atoms with Gasteiger partial charge < -0.3 is 15.3 Å². The summed E-state index contributed by atoms with van der Waals surface area (Å²) in [5, 5.41) is 10.9. The number of carbonyl (C=O) groups excluding carboxylic acids is 3. The van der Waals surface area contributed by atoms with Crippen molar-refractivity contribution < 1.29 is 24.3 Å². The van der Waals surface area contributed by atoms with Crippen LogP contribution in [-0.4, -0.2) is 46.7 Å². The molecule has 1 aliphatic carbocycles. The molecule has 154 valence electrons. The molecule has 7 heteroatoms. The van der Waals surface area contributed by atoms with Crippen molar-refractivity contribution >= 4 is 23.6 Å². The van der Waals surface area contributed by atoms with E-state index in [1.165, 1.54) is 0 Å². The number of ketones is 1. The van der Waals surface area contributed by atoms with Gasteiger partial charge in [-0.1, -0.05) is 54.6 Å². The zero-order chi connectivity index (χ0) is 21.3. The highest BCUT2D eigenvalue weighted by atomic mass is 16.4. The predicted molar refractivity (Wildman–Crippen MR) is 108 cm³/mol. The Morgan fingerprint density at radius 3 is 2.23 bits per heavy atom. The predicted octanol–water partition coefficient (Wildman–Crippen LogP) is 1.96. The third kappa shape index (κ3) is 3.58. The van der Waals surface area contributed by atoms with Crippen LogP contribution >= 0.6 is 0 Å². The number of hydrogen-bond donors (Lipinski definition) is 2. The Morgan fingerprint density at radius 2 is 1.63 bits per heavy atom. The molecule has 0 aromatic heterocycles. The van der Waals surface area contributed by atoms with Crippen molar-refractivity contribution in [2.75, 3.05) is 13.1 Å². The number of Topliss-reactive ketones (excluding diaryl/α,β-unsaturated/α-hetero) is 1. The van der Waals surface area contributed by atoms with E-state index in [4.69, 9.17) is 5.11 Å². The number of carboxylic acid groups (broad SMARTS) is 1. The van der Waals surface area contributed by atoms with E-state index < -0.39 is 41.6 Å². The number of piperidine rings is 1. The summed E-state index contributed by atoms with van der Waals surface area (Å²) in [5.41, 5.74) is 2.65. The summed E-state index contributed by atoms with van der Waals surface area (Å²) < 4.78 is 0. The minimum absolute atomic E-state index is 0.0841. The van der Waals surface area contributed by atoms with Crippen LogP contribution in [0, 0.1) is 5.92 Å². The van der Waals surface area contributed by atoms with E-state index >= 15 is 0 Å². The van der Waals surface area contributed by atoms with Gasteiger partial charge in [0, 0.05) is 13.0 Å². The van der Waals surface area contributed by atoms with Crippen molar-refractivity contribution in [3.63, 3.8) is 0 Å². The number of nitrogens with zero attached hydrogens (tertiary/aromatic N) is 1. The van der Waals surface area contributed by atoms with Gasteiger partial charge in [-0.25, -0.2) is 0 Å². The maximum Gasteiger partial charge on any atom is 0.322 e. The summed E-state index contributed by atoms with van der Waals surface area (Å²) >= 11 is 0. The van der Waals surface area contributed by atoms with Gasteiger partial charge in [-0.2, -0.15) is 0 Å². The summed E-state index contributed by atoms with van der Waals surface area (Å²) in [5.74, 6) is -4.55. The second kappa shape index (κ2) is 7.74. The Kier molecular flexibility index (Phi) is 5.11. The standard InChI is InChI=1S/C23H22N2O5/c26-18-10-13-25(22(30)20(18)21(29)24-14-19(27)28)23(11-12-23)17-8-6-16(7-9-17)15-4-2-1-3-5-15/h1-9,20H,10-14H2,(H,24,29)(H,27,28). The molecule has 2 aromatic rings. The fourth-order valence-electron chi connectivity index (χ4n) is 4.15. The summed E-state index contributed by atoms with van der Waals surface area (Å²) in [6.45, 7) is -0.358. The van der Waals surface area contributed by atoms with Crippen LogP contribution < -0.4 is 5.32 Å². The molecule has 1 heterocycles. The van der Waals surface area contributed by atoms with Gasteiger partial charge in [-0.05, 0) is 29.5 Å². The van der Waals surface area contributed by atoms with Crippen molar-refractivity contribution in [1.29, 1.82) is 0 Å². The van der Waals surface area contributed by atoms with Crippen LogP contribution in [0.4, 0.5) is 0 Å². The average Bonchev–Trinajstić information content (AvgIpc) is 3.55. The third-order valence-corrected chi connectivity index (χ3v) is 5.86. The quantitative estimate of drug-likeness (QED) is 0.714. The highest BCUT2D eigenvalue weighted by Gasteiger charge is 2.55. The first-order valence-electron chi connectivity index (χ1n) is 9.92. The Labute approximate surface area is 173 Å². The molecule has 1 unspecified atom stereocenters. The first-order chi connectivity index (χ1) is 14.4. The van der Waals surface area contributed by atoms with Crippen LogP contribution in [-0.2, 0) is 24.7 Å². The number of rotatable bonds is 6. The van der Waals surface area contributed by atoms with Gasteiger partial charge in [0.05, 0.1) is 5.54 Å². The van der Waals surface area contributed by atoms with Crippen molar-refractivity contribution in [3.8, 4) is 11.1 Å². The van der Waals surface area contributed by atoms with Crippen LogP contribution in [0.2, 0.25) is 0 Å². The highest BCUT2D eigenvalue weighted by Crippen LogP contribution is 2.52. The first-order valence-corrected chi connectivity index (χ1v) is 9.92. The number of benzene rings is 2. The number of hydrogen-bond acceptors (Lipinski definition) is 4. The largest absolute Gasteiger partial charge is 0.480 e. The maximum absolute atomic E-state index is 13.1. The molecule has 30 heavy (non-hydrogen) atoms. The molecule has 1 atom stereocenters. The molecule has 2 amide bonds. The van der Waals surface area contributed by atoms with E-state index in [0.717, 1.165) is 29.5 Å². The molecular formula is C23H22N2O5. The van der Waals surface area contributed by atoms with Crippen molar-refractivity contribution in [1.82, 2.24) is 10.2 Å². The van der Waals surface area contributed by atoms with E-state index in [1.807, 2.05) is 54.6 Å². The van der Waals surface area contributed by atoms with Gasteiger partial charge in [0.25, 0.3) is 0 Å². The van der Waals surface area contributed by atoms with Gasteiger partial charge in [-0.3, -0.25) is 19.2 Å². The molecule has 4 rings (SSSR count). The summed E-state index contributed by atoms with van der Waals surface area (Å²) in [6.07, 6.45) is 1.61. The zero-order valence-corrected chi connectivity index (χ0v) is 16.3. The van der Waals surface area contributed by atoms with Crippen LogP contribution in [0.5, 0.6) is 0 Å². The summed E-state index contributed by atoms with van der Waals surface area (Å²) in [7, 11) is 0. The molecule has 1 saturated carbocycles. The van der Waals surface area contributed by atoms with E-state index in [-0.39, 0.29) is 13.0 Å². The lowest BCUT2D eigenvalue weighted by Gasteiger charge is -2.37. The highest BCUT2D eigenvalue weighted by molar-refractivity contribution is 6.19. The van der Waals surface area contributed by atoms with Gasteiger partial charge >= 0.3 is 5.97 Å². The van der Waals surface area contributed by atoms with Crippen molar-refractivity contribution in [2.45, 2.75) is 24.8 Å². The molecule has 7 nitrogen and oxygen atoms in total. The average molecular weight is 406 g/mol. The third-order valence-electron chi connectivity index (χ3n) is 5.86. The monoisotopic (exact) mass is 406 g/mol. The van der Waals surface area contributed by atoms with Crippen molar-refractivity contribution in [3.05, 3.63) is 60.2 Å². The zero-order valence-electron chi connectivity index (χ0n) is 16.3. The number of carboxylic acids is 1. The van der Waals surface area contributed by atoms with Crippen LogP contribution in [0.1, 0.15) is 24.8 Å². The van der Waals surface area contributed by atoms with Crippen LogP contribution in [0.25, 0.3) is 11.1 Å². The molecule has 0 bridgehead atoms. The first kappa shape index (κ1) is 19.8. The SMILES string of the molecule is O=C(O)CNC(=O)C1C(=O)CCN(C2(c3ccc(-c4ccccc4)cc3)CC2)C1=O. The van der Waals surface area contributed by atoms with E-state index in [9.17, 15) is 19.2 Å². The van der Waals surface area contributed by atoms with Crippen LogP contribution in [0.15, 0.2) is 54.6 Å². The number of carbonyl (C=O) groups is 4. The van der Waals surface area contributed by atoms with E-state index in [1.54, 1.807) is 4.90 Å². The number of amides is 2. The topological polar surface area (TPSA) is 104 Å². The summed E-state index contributed by atoms with van der Waals surface area (Å²) in [6, 6.07) is 18.0. The molecule has 2 aromatic carbocycles. The van der Waals surface area contributed by atoms with Crippen LogP contribution in [0.3, 0.4) is 0 Å². The molecule has 2 aliphatic rings. The Balaban J connectivity index is 1.55. The second-order valence-corrected chi connectivity index (χ2v) is 7.73. The van der Waals surface area contributed by atoms with Gasteiger partial charge in [-0.15, -0.1) is 0 Å². The Morgan fingerprint density at radius 1 is 1.00 bits per heavy atom. The molecular weight excluding hydrogens is 384 g/mol. The van der Waals surface area contributed by atoms with Gasteiger partial charge in [0.15, 0.2) is 11.7 Å². The molecule has 1 saturated heterocycles. The van der Waals surface area contributed by atoms with Crippen molar-refractivity contribution in [2.24, 2.45) is 5.92 Å². The number of aliphatic carboxylic acids is 1. The second-order valence-electron chi connectivity index (χ2n) is 7.73. The minimum Gasteiger partial charge on any atom is -0.480 e. The molecule has 0 spiro atoms. The molecule has 2 fully saturated rings. The summed E-state index contributed by atoms with van der Waals surface area (Å²) in [4.78, 5) is 50.0. The molecule has 0 radical (unpaired) electrons. The van der Waals surface area contributed by atoms with E-state index in [2.05, 4.69) is 5.32 Å².